The number of methoxy groups -OCH3 is 1. The summed E-state index contributed by atoms with van der Waals surface area (Å²) in [5.74, 6) is 1.19. The van der Waals surface area contributed by atoms with Crippen LogP contribution in [0.4, 0.5) is 0 Å². The maximum Gasteiger partial charge on any atom is 0.269 e. The van der Waals surface area contributed by atoms with Crippen LogP contribution >= 0.6 is 11.6 Å². The molecule has 4 nitrogen and oxygen atoms in total. The van der Waals surface area contributed by atoms with Crippen molar-refractivity contribution in [1.82, 2.24) is 9.55 Å². The number of nitrogens with zero attached hydrogens (tertiary/aromatic N) is 2. The standard InChI is InChI=1S/C16H19ClN2O2/c1-11(2)8-14-16(17)18-9-15(20)19(14)10-12-4-6-13(21-3)7-5-12/h4-7,9,11H,8,10H2,1-3H3. The molecule has 0 atom stereocenters. The Kier molecular flexibility index (Phi) is 5.02. The Morgan fingerprint density at radius 3 is 2.52 bits per heavy atom. The summed E-state index contributed by atoms with van der Waals surface area (Å²) >= 11 is 6.17. The summed E-state index contributed by atoms with van der Waals surface area (Å²) in [6.07, 6.45) is 1.99. The molecule has 0 aliphatic heterocycles. The van der Waals surface area contributed by atoms with Crippen molar-refractivity contribution < 1.29 is 4.74 Å². The molecule has 0 unspecified atom stereocenters. The van der Waals surface area contributed by atoms with Crippen molar-refractivity contribution in [1.29, 1.82) is 0 Å². The summed E-state index contributed by atoms with van der Waals surface area (Å²) in [7, 11) is 1.63. The van der Waals surface area contributed by atoms with E-state index in [1.54, 1.807) is 11.7 Å². The van der Waals surface area contributed by atoms with Gasteiger partial charge in [-0.05, 0) is 30.0 Å². The van der Waals surface area contributed by atoms with Gasteiger partial charge in [-0.1, -0.05) is 37.6 Å². The zero-order chi connectivity index (χ0) is 15.4. The van der Waals surface area contributed by atoms with Gasteiger partial charge in [0.15, 0.2) is 0 Å². The third-order valence-corrected chi connectivity index (χ3v) is 3.54. The summed E-state index contributed by atoms with van der Waals surface area (Å²) in [5, 5.41) is 0.400. The zero-order valence-corrected chi connectivity index (χ0v) is 13.2. The van der Waals surface area contributed by atoms with Gasteiger partial charge in [0.25, 0.3) is 5.56 Å². The van der Waals surface area contributed by atoms with E-state index in [9.17, 15) is 4.79 Å². The third kappa shape index (κ3) is 3.85. The number of ether oxygens (including phenoxy) is 1. The average Bonchev–Trinajstić information content (AvgIpc) is 2.47. The molecule has 1 heterocycles. The quantitative estimate of drug-likeness (QED) is 0.852. The highest BCUT2D eigenvalue weighted by atomic mass is 35.5. The maximum absolute atomic E-state index is 12.1. The molecule has 21 heavy (non-hydrogen) atoms. The van der Waals surface area contributed by atoms with Crippen molar-refractivity contribution in [3.8, 4) is 5.75 Å². The van der Waals surface area contributed by atoms with Crippen molar-refractivity contribution in [2.75, 3.05) is 7.11 Å². The lowest BCUT2D eigenvalue weighted by molar-refractivity contribution is 0.414. The van der Waals surface area contributed by atoms with E-state index >= 15 is 0 Å². The molecule has 5 heteroatoms. The van der Waals surface area contributed by atoms with Crippen LogP contribution in [0.25, 0.3) is 0 Å². The van der Waals surface area contributed by atoms with Crippen LogP contribution in [0.1, 0.15) is 25.1 Å². The predicted molar refractivity (Wildman–Crippen MR) is 84.1 cm³/mol. The van der Waals surface area contributed by atoms with Gasteiger partial charge in [-0.3, -0.25) is 4.79 Å². The molecule has 1 aromatic carbocycles. The Morgan fingerprint density at radius 2 is 1.95 bits per heavy atom. The van der Waals surface area contributed by atoms with Crippen LogP contribution in [0.5, 0.6) is 5.75 Å². The van der Waals surface area contributed by atoms with Crippen LogP contribution < -0.4 is 10.3 Å². The molecule has 0 spiro atoms. The SMILES string of the molecule is COc1ccc(Cn2c(CC(C)C)c(Cl)ncc2=O)cc1. The first-order valence-electron chi connectivity index (χ1n) is 6.88. The lowest BCUT2D eigenvalue weighted by atomic mass is 10.1. The molecular weight excluding hydrogens is 288 g/mol. The number of benzene rings is 1. The summed E-state index contributed by atoms with van der Waals surface area (Å²) in [4.78, 5) is 16.1. The van der Waals surface area contributed by atoms with Crippen LogP contribution in [0, 0.1) is 5.92 Å². The van der Waals surface area contributed by atoms with Crippen LogP contribution in [0.2, 0.25) is 5.15 Å². The lowest BCUT2D eigenvalue weighted by Gasteiger charge is -2.15. The highest BCUT2D eigenvalue weighted by molar-refractivity contribution is 6.30. The molecule has 0 aliphatic carbocycles. The smallest absolute Gasteiger partial charge is 0.269 e. The monoisotopic (exact) mass is 306 g/mol. The van der Waals surface area contributed by atoms with E-state index in [2.05, 4.69) is 18.8 Å². The van der Waals surface area contributed by atoms with E-state index in [4.69, 9.17) is 16.3 Å². The topological polar surface area (TPSA) is 44.1 Å². The molecule has 0 saturated heterocycles. The van der Waals surface area contributed by atoms with Gasteiger partial charge in [-0.2, -0.15) is 0 Å². The zero-order valence-electron chi connectivity index (χ0n) is 12.5. The van der Waals surface area contributed by atoms with Crippen LogP contribution in [0.15, 0.2) is 35.3 Å². The molecule has 2 rings (SSSR count). The molecule has 1 aromatic heterocycles. The predicted octanol–water partition coefficient (Wildman–Crippen LogP) is 3.15. The van der Waals surface area contributed by atoms with Gasteiger partial charge in [0.05, 0.1) is 25.5 Å². The van der Waals surface area contributed by atoms with Crippen molar-refractivity contribution in [3.05, 3.63) is 57.2 Å². The summed E-state index contributed by atoms with van der Waals surface area (Å²) in [5.41, 5.74) is 1.67. The van der Waals surface area contributed by atoms with E-state index in [-0.39, 0.29) is 5.56 Å². The van der Waals surface area contributed by atoms with Crippen molar-refractivity contribution in [2.45, 2.75) is 26.8 Å². The molecule has 0 saturated carbocycles. The van der Waals surface area contributed by atoms with Crippen LogP contribution in [-0.4, -0.2) is 16.7 Å². The minimum Gasteiger partial charge on any atom is -0.497 e. The fraction of sp³-hybridized carbons (Fsp3) is 0.375. The number of hydrogen-bond donors (Lipinski definition) is 0. The third-order valence-electron chi connectivity index (χ3n) is 3.22. The minimum absolute atomic E-state index is 0.133. The van der Waals surface area contributed by atoms with Gasteiger partial charge >= 0.3 is 0 Å². The molecule has 2 aromatic rings. The van der Waals surface area contributed by atoms with Crippen LogP contribution in [-0.2, 0) is 13.0 Å². The number of aromatic nitrogens is 2. The normalized spacial score (nSPS) is 10.9. The molecular formula is C16H19ClN2O2. The Morgan fingerprint density at radius 1 is 1.29 bits per heavy atom. The van der Waals surface area contributed by atoms with Gasteiger partial charge in [-0.25, -0.2) is 4.98 Å². The van der Waals surface area contributed by atoms with Gasteiger partial charge in [0, 0.05) is 0 Å². The second-order valence-electron chi connectivity index (χ2n) is 5.37. The molecule has 112 valence electrons. The number of halogens is 1. The summed E-state index contributed by atoms with van der Waals surface area (Å²) in [6, 6.07) is 7.65. The fourth-order valence-electron chi connectivity index (χ4n) is 2.17. The number of hydrogen-bond acceptors (Lipinski definition) is 3. The molecule has 0 N–H and O–H groups in total. The van der Waals surface area contributed by atoms with E-state index in [1.807, 2.05) is 24.3 Å². The Hall–Kier alpha value is -1.81. The van der Waals surface area contributed by atoms with Crippen molar-refractivity contribution >= 4 is 11.6 Å². The lowest BCUT2D eigenvalue weighted by Crippen LogP contribution is -2.25. The van der Waals surface area contributed by atoms with Crippen molar-refractivity contribution in [2.24, 2.45) is 5.92 Å². The highest BCUT2D eigenvalue weighted by Crippen LogP contribution is 2.17. The molecule has 0 radical (unpaired) electrons. The van der Waals surface area contributed by atoms with Gasteiger partial charge in [0.2, 0.25) is 0 Å². The minimum atomic E-state index is -0.133. The van der Waals surface area contributed by atoms with Crippen LogP contribution in [0.3, 0.4) is 0 Å². The first-order chi connectivity index (χ1) is 10.0. The van der Waals surface area contributed by atoms with Crippen molar-refractivity contribution in [3.63, 3.8) is 0 Å². The Labute approximate surface area is 129 Å². The van der Waals surface area contributed by atoms with E-state index in [0.29, 0.717) is 17.6 Å². The fourth-order valence-corrected chi connectivity index (χ4v) is 2.40. The highest BCUT2D eigenvalue weighted by Gasteiger charge is 2.12. The maximum atomic E-state index is 12.1. The largest absolute Gasteiger partial charge is 0.497 e. The Balaban J connectivity index is 2.37. The first-order valence-corrected chi connectivity index (χ1v) is 7.26. The second-order valence-corrected chi connectivity index (χ2v) is 5.72. The van der Waals surface area contributed by atoms with E-state index in [0.717, 1.165) is 23.4 Å². The Bertz CT molecular complexity index is 663. The molecule has 0 bridgehead atoms. The van der Waals surface area contributed by atoms with Gasteiger partial charge < -0.3 is 9.30 Å². The molecule has 0 fully saturated rings. The summed E-state index contributed by atoms with van der Waals surface area (Å²) < 4.78 is 6.83. The van der Waals surface area contributed by atoms with E-state index in [1.165, 1.54) is 6.20 Å². The van der Waals surface area contributed by atoms with Gasteiger partial charge in [-0.15, -0.1) is 0 Å². The average molecular weight is 307 g/mol. The molecule has 0 aliphatic rings. The number of rotatable bonds is 5. The van der Waals surface area contributed by atoms with E-state index < -0.39 is 0 Å². The first kappa shape index (κ1) is 15.6. The van der Waals surface area contributed by atoms with Gasteiger partial charge in [0.1, 0.15) is 10.9 Å². The second kappa shape index (κ2) is 6.76. The molecule has 0 amide bonds. The summed E-state index contributed by atoms with van der Waals surface area (Å²) in [6.45, 7) is 4.66.